The maximum Gasteiger partial charge on any atom is 0.395 e. The monoisotopic (exact) mass is 264 g/mol. The summed E-state index contributed by atoms with van der Waals surface area (Å²) in [6.07, 6.45) is 6.20. The van der Waals surface area contributed by atoms with Crippen molar-refractivity contribution in [3.63, 3.8) is 0 Å². The third-order valence-corrected chi connectivity index (χ3v) is 5.54. The number of hydrogen-bond acceptors (Lipinski definition) is 5. The lowest BCUT2D eigenvalue weighted by molar-refractivity contribution is -0.170. The summed E-state index contributed by atoms with van der Waals surface area (Å²) in [6.45, 7) is 2.12. The van der Waals surface area contributed by atoms with Gasteiger partial charge in [-0.15, -0.1) is 5.06 Å². The average Bonchev–Trinajstić information content (AvgIpc) is 2.70. The SMILES string of the molecule is COC(=O)C1=NC2(C)C3C[C@H]4CC(C[C@@H](C3)C4)N2O1. The molecule has 19 heavy (non-hydrogen) atoms. The van der Waals surface area contributed by atoms with Gasteiger partial charge in [0.15, 0.2) is 5.66 Å². The molecule has 2 saturated carbocycles. The molecule has 5 atom stereocenters. The predicted octanol–water partition coefficient (Wildman–Crippen LogP) is 1.73. The number of ether oxygens (including phenoxy) is 1. The molecule has 0 amide bonds. The number of nitrogens with zero attached hydrogens (tertiary/aromatic N) is 2. The molecule has 4 bridgehead atoms. The Kier molecular flexibility index (Phi) is 2.29. The summed E-state index contributed by atoms with van der Waals surface area (Å²) >= 11 is 0. The second-order valence-corrected chi connectivity index (χ2v) is 6.68. The van der Waals surface area contributed by atoms with Crippen molar-refractivity contribution >= 4 is 11.9 Å². The van der Waals surface area contributed by atoms with E-state index in [0.717, 1.165) is 11.8 Å². The molecule has 0 aromatic rings. The summed E-state index contributed by atoms with van der Waals surface area (Å²) in [7, 11) is 1.37. The predicted molar refractivity (Wildman–Crippen MR) is 68.1 cm³/mol. The van der Waals surface area contributed by atoms with Gasteiger partial charge in [-0.3, -0.25) is 0 Å². The zero-order valence-electron chi connectivity index (χ0n) is 11.5. The van der Waals surface area contributed by atoms with E-state index in [9.17, 15) is 4.79 Å². The van der Waals surface area contributed by atoms with E-state index < -0.39 is 5.97 Å². The highest BCUT2D eigenvalue weighted by Gasteiger charge is 2.58. The van der Waals surface area contributed by atoms with Crippen LogP contribution in [0.1, 0.15) is 39.0 Å². The van der Waals surface area contributed by atoms with Gasteiger partial charge in [0.1, 0.15) is 0 Å². The molecule has 5 rings (SSSR count). The van der Waals surface area contributed by atoms with Crippen LogP contribution < -0.4 is 0 Å². The van der Waals surface area contributed by atoms with Gasteiger partial charge in [-0.2, -0.15) is 0 Å². The van der Waals surface area contributed by atoms with Crippen molar-refractivity contribution in [2.75, 3.05) is 7.11 Å². The number of esters is 1. The van der Waals surface area contributed by atoms with Crippen molar-refractivity contribution in [1.29, 1.82) is 0 Å². The van der Waals surface area contributed by atoms with Crippen molar-refractivity contribution in [3.8, 4) is 0 Å². The summed E-state index contributed by atoms with van der Waals surface area (Å²) in [5.41, 5.74) is -0.363. The average molecular weight is 264 g/mol. The lowest BCUT2D eigenvalue weighted by Gasteiger charge is -2.38. The van der Waals surface area contributed by atoms with Crippen LogP contribution in [0, 0.1) is 17.8 Å². The highest BCUT2D eigenvalue weighted by atomic mass is 16.7. The van der Waals surface area contributed by atoms with E-state index >= 15 is 0 Å². The fourth-order valence-electron chi connectivity index (χ4n) is 4.80. The van der Waals surface area contributed by atoms with Gasteiger partial charge in [0.2, 0.25) is 0 Å². The molecular formula is C14H20N2O3. The molecule has 3 aliphatic heterocycles. The molecule has 0 N–H and O–H groups in total. The minimum atomic E-state index is -0.461. The van der Waals surface area contributed by atoms with Gasteiger partial charge in [-0.1, -0.05) is 0 Å². The molecule has 3 unspecified atom stereocenters. The van der Waals surface area contributed by atoms with E-state index in [1.165, 1.54) is 39.2 Å². The van der Waals surface area contributed by atoms with Crippen molar-refractivity contribution in [3.05, 3.63) is 0 Å². The highest BCUT2D eigenvalue weighted by molar-refractivity contribution is 6.32. The normalized spacial score (nSPS) is 47.4. The fourth-order valence-corrected chi connectivity index (χ4v) is 4.80. The minimum Gasteiger partial charge on any atom is -0.462 e. The first-order valence-corrected chi connectivity index (χ1v) is 7.25. The molecule has 0 aromatic carbocycles. The third kappa shape index (κ3) is 1.51. The van der Waals surface area contributed by atoms with E-state index in [0.29, 0.717) is 12.0 Å². The van der Waals surface area contributed by atoms with Gasteiger partial charge in [-0.25, -0.2) is 9.79 Å². The van der Waals surface area contributed by atoms with Gasteiger partial charge < -0.3 is 9.57 Å². The number of methoxy groups -OCH3 is 1. The Morgan fingerprint density at radius 2 is 2.00 bits per heavy atom. The number of carbonyl (C=O) groups excluding carboxylic acids is 1. The van der Waals surface area contributed by atoms with Gasteiger partial charge in [0.25, 0.3) is 0 Å². The maximum atomic E-state index is 11.7. The summed E-state index contributed by atoms with van der Waals surface area (Å²) in [4.78, 5) is 22.1. The summed E-state index contributed by atoms with van der Waals surface area (Å²) in [6, 6.07) is 0.409. The Balaban J connectivity index is 1.74. The van der Waals surface area contributed by atoms with Crippen LogP contribution in [0.4, 0.5) is 0 Å². The van der Waals surface area contributed by atoms with Crippen LogP contribution in [-0.4, -0.2) is 35.7 Å². The van der Waals surface area contributed by atoms with E-state index in [1.807, 2.05) is 5.06 Å². The molecule has 5 aliphatic rings. The van der Waals surface area contributed by atoms with Crippen molar-refractivity contribution in [1.82, 2.24) is 5.06 Å². The van der Waals surface area contributed by atoms with E-state index in [1.54, 1.807) is 0 Å². The maximum absolute atomic E-state index is 11.7. The first-order chi connectivity index (χ1) is 9.10. The summed E-state index contributed by atoms with van der Waals surface area (Å²) in [5, 5.41) is 2.02. The summed E-state index contributed by atoms with van der Waals surface area (Å²) in [5.74, 6) is 1.83. The number of aliphatic imine (C=N–C) groups is 1. The van der Waals surface area contributed by atoms with E-state index in [-0.39, 0.29) is 11.6 Å². The molecular weight excluding hydrogens is 244 g/mol. The van der Waals surface area contributed by atoms with Crippen LogP contribution in [0.25, 0.3) is 0 Å². The van der Waals surface area contributed by atoms with Crippen LogP contribution in [0.3, 0.4) is 0 Å². The Bertz CT molecular complexity index is 450. The Morgan fingerprint density at radius 3 is 2.63 bits per heavy atom. The lowest BCUT2D eigenvalue weighted by Crippen LogP contribution is -2.48. The van der Waals surface area contributed by atoms with Gasteiger partial charge >= 0.3 is 11.9 Å². The fraction of sp³-hybridized carbons (Fsp3) is 0.857. The van der Waals surface area contributed by atoms with Gasteiger partial charge in [-0.05, 0) is 50.9 Å². The molecule has 0 aromatic heterocycles. The number of hydroxylamine groups is 2. The smallest absolute Gasteiger partial charge is 0.395 e. The molecule has 0 spiro atoms. The first kappa shape index (κ1) is 11.7. The van der Waals surface area contributed by atoms with Crippen LogP contribution in [0.2, 0.25) is 0 Å². The second-order valence-electron chi connectivity index (χ2n) is 6.68. The third-order valence-electron chi connectivity index (χ3n) is 5.54. The van der Waals surface area contributed by atoms with Crippen molar-refractivity contribution in [2.45, 2.75) is 50.7 Å². The summed E-state index contributed by atoms with van der Waals surface area (Å²) < 4.78 is 4.75. The van der Waals surface area contributed by atoms with Crippen LogP contribution in [0.15, 0.2) is 4.99 Å². The molecule has 5 heteroatoms. The Labute approximate surface area is 112 Å². The number of hydrogen-bond donors (Lipinski definition) is 0. The number of carbonyl (C=O) groups is 1. The van der Waals surface area contributed by atoms with Crippen LogP contribution in [0.5, 0.6) is 0 Å². The van der Waals surface area contributed by atoms with Gasteiger partial charge in [0.05, 0.1) is 7.11 Å². The van der Waals surface area contributed by atoms with Crippen molar-refractivity contribution < 1.29 is 14.4 Å². The highest BCUT2D eigenvalue weighted by Crippen LogP contribution is 2.55. The number of rotatable bonds is 1. The molecule has 0 radical (unpaired) electrons. The largest absolute Gasteiger partial charge is 0.462 e. The molecule has 4 fully saturated rings. The first-order valence-electron chi connectivity index (χ1n) is 7.25. The minimum absolute atomic E-state index is 0.137. The van der Waals surface area contributed by atoms with E-state index in [4.69, 9.17) is 9.57 Å². The van der Waals surface area contributed by atoms with Crippen LogP contribution in [-0.2, 0) is 14.4 Å². The Morgan fingerprint density at radius 1 is 1.32 bits per heavy atom. The zero-order chi connectivity index (χ0) is 13.2. The standard InChI is InChI=1S/C14H20N2O3/c1-14-10-4-8-3-9(5-10)7-11(6-8)16(14)19-12(15-14)13(17)18-2/h8-11H,3-7H2,1-2H3/t8-,9+,10?,11?,14?. The molecule has 5 nitrogen and oxygen atoms in total. The van der Waals surface area contributed by atoms with E-state index in [2.05, 4.69) is 11.9 Å². The van der Waals surface area contributed by atoms with Crippen molar-refractivity contribution in [2.24, 2.45) is 22.7 Å². The Hall–Kier alpha value is -1.10. The lowest BCUT2D eigenvalue weighted by atomic mass is 9.66. The zero-order valence-corrected chi connectivity index (χ0v) is 11.5. The molecule has 2 aliphatic carbocycles. The van der Waals surface area contributed by atoms with Gasteiger partial charge in [0, 0.05) is 12.0 Å². The molecule has 3 heterocycles. The molecule has 104 valence electrons. The quantitative estimate of drug-likeness (QED) is 0.677. The molecule has 2 saturated heterocycles. The topological polar surface area (TPSA) is 51.1 Å². The van der Waals surface area contributed by atoms with Crippen LogP contribution >= 0.6 is 0 Å². The second kappa shape index (κ2) is 3.72.